The molecule has 3 heteroatoms. The Morgan fingerprint density at radius 2 is 2.00 bits per heavy atom. The van der Waals surface area contributed by atoms with Gasteiger partial charge in [0.25, 0.3) is 0 Å². The van der Waals surface area contributed by atoms with Crippen molar-refractivity contribution in [1.82, 2.24) is 5.32 Å². The van der Waals surface area contributed by atoms with Crippen molar-refractivity contribution in [2.75, 3.05) is 6.54 Å². The second-order valence-electron chi connectivity index (χ2n) is 4.23. The van der Waals surface area contributed by atoms with Crippen LogP contribution in [0.2, 0.25) is 0 Å². The van der Waals surface area contributed by atoms with Crippen LogP contribution in [0.1, 0.15) is 16.9 Å². The third-order valence-corrected chi connectivity index (χ3v) is 3.56. The Bertz CT molecular complexity index is 517. The van der Waals surface area contributed by atoms with Crippen molar-refractivity contribution < 1.29 is 4.79 Å². The van der Waals surface area contributed by atoms with E-state index in [1.165, 1.54) is 5.56 Å². The van der Waals surface area contributed by atoms with Crippen molar-refractivity contribution in [3.8, 4) is 0 Å². The molecule has 0 fully saturated rings. The van der Waals surface area contributed by atoms with E-state index in [1.54, 1.807) is 17.4 Å². The molecule has 0 aliphatic rings. The average Bonchev–Trinajstić information content (AvgIpc) is 2.96. The van der Waals surface area contributed by atoms with Gasteiger partial charge < -0.3 is 5.32 Å². The van der Waals surface area contributed by atoms with E-state index in [2.05, 4.69) is 17.4 Å². The highest BCUT2D eigenvalue weighted by Crippen LogP contribution is 2.09. The number of rotatable bonds is 6. The first-order valence-corrected chi connectivity index (χ1v) is 7.26. The molecule has 98 valence electrons. The predicted octanol–water partition coefficient (Wildman–Crippen LogP) is 3.51. The van der Waals surface area contributed by atoms with Crippen LogP contribution >= 0.6 is 11.3 Å². The van der Waals surface area contributed by atoms with Gasteiger partial charge >= 0.3 is 0 Å². The lowest BCUT2D eigenvalue weighted by atomic mass is 10.1. The highest BCUT2D eigenvalue weighted by Gasteiger charge is 1.96. The summed E-state index contributed by atoms with van der Waals surface area (Å²) in [5.41, 5.74) is 1.31. The van der Waals surface area contributed by atoms with E-state index in [4.69, 9.17) is 0 Å². The summed E-state index contributed by atoms with van der Waals surface area (Å²) in [6.07, 6.45) is 5.39. The lowest BCUT2D eigenvalue weighted by Crippen LogP contribution is -2.22. The SMILES string of the molecule is O=C(C=Cc1cccs1)NCCCc1ccccc1. The fourth-order valence-electron chi connectivity index (χ4n) is 1.75. The van der Waals surface area contributed by atoms with Crippen LogP contribution in [0.4, 0.5) is 0 Å². The van der Waals surface area contributed by atoms with Gasteiger partial charge in [-0.05, 0) is 35.9 Å². The molecule has 1 aromatic carbocycles. The number of nitrogens with one attached hydrogen (secondary N) is 1. The van der Waals surface area contributed by atoms with Gasteiger partial charge in [-0.25, -0.2) is 0 Å². The molecule has 1 amide bonds. The zero-order valence-electron chi connectivity index (χ0n) is 10.7. The average molecular weight is 271 g/mol. The molecule has 1 aromatic heterocycles. The third kappa shape index (κ3) is 5.10. The Hall–Kier alpha value is -1.87. The van der Waals surface area contributed by atoms with Crippen LogP contribution in [-0.2, 0) is 11.2 Å². The minimum Gasteiger partial charge on any atom is -0.353 e. The molecule has 2 rings (SSSR count). The highest BCUT2D eigenvalue weighted by atomic mass is 32.1. The number of hydrogen-bond acceptors (Lipinski definition) is 2. The third-order valence-electron chi connectivity index (χ3n) is 2.73. The Morgan fingerprint density at radius 1 is 1.16 bits per heavy atom. The molecule has 2 nitrogen and oxygen atoms in total. The molecule has 1 N–H and O–H groups in total. The maximum atomic E-state index is 11.6. The second-order valence-corrected chi connectivity index (χ2v) is 5.21. The molecular formula is C16H17NOS. The molecule has 0 saturated heterocycles. The van der Waals surface area contributed by atoms with Crippen LogP contribution in [0.3, 0.4) is 0 Å². The van der Waals surface area contributed by atoms with Crippen LogP contribution in [0.15, 0.2) is 53.9 Å². The molecule has 2 aromatic rings. The van der Waals surface area contributed by atoms with Crippen molar-refractivity contribution in [3.05, 3.63) is 64.4 Å². The van der Waals surface area contributed by atoms with Crippen LogP contribution < -0.4 is 5.32 Å². The summed E-state index contributed by atoms with van der Waals surface area (Å²) in [4.78, 5) is 12.7. The molecular weight excluding hydrogens is 254 g/mol. The van der Waals surface area contributed by atoms with Crippen molar-refractivity contribution in [3.63, 3.8) is 0 Å². The molecule has 1 heterocycles. The van der Waals surface area contributed by atoms with E-state index < -0.39 is 0 Å². The smallest absolute Gasteiger partial charge is 0.244 e. The summed E-state index contributed by atoms with van der Waals surface area (Å²) in [6, 6.07) is 14.3. The summed E-state index contributed by atoms with van der Waals surface area (Å²) in [5.74, 6) is -0.0264. The number of carbonyl (C=O) groups excluding carboxylic acids is 1. The van der Waals surface area contributed by atoms with Gasteiger partial charge in [0.2, 0.25) is 5.91 Å². The summed E-state index contributed by atoms with van der Waals surface area (Å²) in [5, 5.41) is 4.89. The van der Waals surface area contributed by atoms with Gasteiger partial charge in [-0.3, -0.25) is 4.79 Å². The molecule has 0 aliphatic heterocycles. The molecule has 0 saturated carbocycles. The Labute approximate surface area is 117 Å². The Kier molecular flexibility index (Phi) is 5.38. The first-order valence-electron chi connectivity index (χ1n) is 6.38. The maximum Gasteiger partial charge on any atom is 0.244 e. The van der Waals surface area contributed by atoms with E-state index in [9.17, 15) is 4.79 Å². The van der Waals surface area contributed by atoms with Crippen molar-refractivity contribution in [1.29, 1.82) is 0 Å². The quantitative estimate of drug-likeness (QED) is 0.632. The molecule has 0 spiro atoms. The van der Waals surface area contributed by atoms with Gasteiger partial charge in [0.1, 0.15) is 0 Å². The van der Waals surface area contributed by atoms with E-state index in [0.717, 1.165) is 17.7 Å². The van der Waals surface area contributed by atoms with E-state index in [-0.39, 0.29) is 5.91 Å². The van der Waals surface area contributed by atoms with Gasteiger partial charge in [-0.2, -0.15) is 0 Å². The van der Waals surface area contributed by atoms with Gasteiger partial charge in [0, 0.05) is 17.5 Å². The fraction of sp³-hybridized carbons (Fsp3) is 0.188. The number of aryl methyl sites for hydroxylation is 1. The summed E-state index contributed by atoms with van der Waals surface area (Å²) >= 11 is 1.62. The predicted molar refractivity (Wildman–Crippen MR) is 81.1 cm³/mol. The maximum absolute atomic E-state index is 11.6. The largest absolute Gasteiger partial charge is 0.353 e. The zero-order chi connectivity index (χ0) is 13.3. The van der Waals surface area contributed by atoms with Crippen LogP contribution in [0.5, 0.6) is 0 Å². The summed E-state index contributed by atoms with van der Waals surface area (Å²) in [6.45, 7) is 0.711. The first-order chi connectivity index (χ1) is 9.34. The number of carbonyl (C=O) groups is 1. The van der Waals surface area contributed by atoms with Crippen LogP contribution in [-0.4, -0.2) is 12.5 Å². The normalized spacial score (nSPS) is 10.7. The lowest BCUT2D eigenvalue weighted by Gasteiger charge is -2.02. The van der Waals surface area contributed by atoms with Gasteiger partial charge in [0.15, 0.2) is 0 Å². The van der Waals surface area contributed by atoms with Crippen molar-refractivity contribution in [2.45, 2.75) is 12.8 Å². The van der Waals surface area contributed by atoms with Gasteiger partial charge in [0.05, 0.1) is 0 Å². The van der Waals surface area contributed by atoms with E-state index in [0.29, 0.717) is 6.54 Å². The second kappa shape index (κ2) is 7.54. The number of amides is 1. The van der Waals surface area contributed by atoms with E-state index >= 15 is 0 Å². The first kappa shape index (κ1) is 13.6. The molecule has 0 bridgehead atoms. The zero-order valence-corrected chi connectivity index (χ0v) is 11.5. The minimum absolute atomic E-state index is 0.0264. The molecule has 0 radical (unpaired) electrons. The van der Waals surface area contributed by atoms with Gasteiger partial charge in [-0.15, -0.1) is 11.3 Å². The standard InChI is InChI=1S/C16H17NOS/c18-16(11-10-15-9-5-13-19-15)17-12-4-8-14-6-2-1-3-7-14/h1-3,5-7,9-11,13H,4,8,12H2,(H,17,18). The molecule has 0 aliphatic carbocycles. The Morgan fingerprint density at radius 3 is 2.74 bits per heavy atom. The number of thiophene rings is 1. The topological polar surface area (TPSA) is 29.1 Å². The number of benzene rings is 1. The monoisotopic (exact) mass is 271 g/mol. The van der Waals surface area contributed by atoms with Gasteiger partial charge in [-0.1, -0.05) is 36.4 Å². The highest BCUT2D eigenvalue weighted by molar-refractivity contribution is 7.10. The Balaban J connectivity index is 1.64. The number of hydrogen-bond donors (Lipinski definition) is 1. The summed E-state index contributed by atoms with van der Waals surface area (Å²) in [7, 11) is 0. The fourth-order valence-corrected chi connectivity index (χ4v) is 2.37. The van der Waals surface area contributed by atoms with Crippen molar-refractivity contribution >= 4 is 23.3 Å². The van der Waals surface area contributed by atoms with Crippen LogP contribution in [0, 0.1) is 0 Å². The minimum atomic E-state index is -0.0264. The van der Waals surface area contributed by atoms with Crippen molar-refractivity contribution in [2.24, 2.45) is 0 Å². The van der Waals surface area contributed by atoms with Crippen LogP contribution in [0.25, 0.3) is 6.08 Å². The molecule has 0 atom stereocenters. The summed E-state index contributed by atoms with van der Waals surface area (Å²) < 4.78 is 0. The molecule has 19 heavy (non-hydrogen) atoms. The molecule has 0 unspecified atom stereocenters. The lowest BCUT2D eigenvalue weighted by molar-refractivity contribution is -0.116. The van der Waals surface area contributed by atoms with E-state index in [1.807, 2.05) is 41.8 Å².